The molecule has 3 aliphatic rings. The molecule has 0 saturated carbocycles. The molecular formula is C24H38N4O2. The van der Waals surface area contributed by atoms with Crippen molar-refractivity contribution >= 4 is 11.6 Å². The summed E-state index contributed by atoms with van der Waals surface area (Å²) >= 11 is 0. The van der Waals surface area contributed by atoms with Crippen LogP contribution in [-0.2, 0) is 0 Å². The van der Waals surface area contributed by atoms with Gasteiger partial charge in [0, 0.05) is 25.2 Å². The van der Waals surface area contributed by atoms with Crippen molar-refractivity contribution in [1.82, 2.24) is 15.5 Å². The second-order valence-corrected chi connectivity index (χ2v) is 9.17. The van der Waals surface area contributed by atoms with E-state index in [1.807, 2.05) is 18.2 Å². The van der Waals surface area contributed by atoms with Gasteiger partial charge < -0.3 is 19.9 Å². The van der Waals surface area contributed by atoms with Crippen molar-refractivity contribution < 1.29 is 9.53 Å². The number of carbonyl (C=O) groups is 1. The molecule has 4 rings (SSSR count). The number of ether oxygens (including phenoxy) is 1. The topological polar surface area (TPSA) is 56.8 Å². The molecule has 0 aliphatic carbocycles. The van der Waals surface area contributed by atoms with Crippen LogP contribution in [-0.4, -0.2) is 63.9 Å². The van der Waals surface area contributed by atoms with E-state index in [0.717, 1.165) is 80.9 Å². The molecule has 0 atom stereocenters. The lowest BCUT2D eigenvalue weighted by Gasteiger charge is -2.34. The molecule has 166 valence electrons. The van der Waals surface area contributed by atoms with Crippen LogP contribution in [0.3, 0.4) is 0 Å². The first-order valence-electron chi connectivity index (χ1n) is 11.9. The Balaban J connectivity index is 1.32. The van der Waals surface area contributed by atoms with E-state index in [0.29, 0.717) is 0 Å². The van der Waals surface area contributed by atoms with Crippen LogP contribution < -0.4 is 20.3 Å². The van der Waals surface area contributed by atoms with Crippen molar-refractivity contribution in [1.29, 1.82) is 0 Å². The van der Waals surface area contributed by atoms with Crippen LogP contribution in [0.25, 0.3) is 0 Å². The Hall–Kier alpha value is -1.79. The fourth-order valence-electron chi connectivity index (χ4n) is 5.21. The second-order valence-electron chi connectivity index (χ2n) is 9.17. The van der Waals surface area contributed by atoms with Crippen molar-refractivity contribution in [2.75, 3.05) is 57.9 Å². The fraction of sp³-hybridized carbons (Fsp3) is 0.708. The quantitative estimate of drug-likeness (QED) is 0.749. The van der Waals surface area contributed by atoms with E-state index in [2.05, 4.69) is 20.4 Å². The highest BCUT2D eigenvalue weighted by Crippen LogP contribution is 2.32. The number of nitrogens with one attached hydrogen (secondary N) is 2. The van der Waals surface area contributed by atoms with E-state index in [1.165, 1.54) is 38.8 Å². The van der Waals surface area contributed by atoms with E-state index in [1.54, 1.807) is 7.11 Å². The number of likely N-dealkylation sites (tertiary alicyclic amines) is 1. The van der Waals surface area contributed by atoms with E-state index in [9.17, 15) is 4.79 Å². The number of rotatable bonds is 6. The van der Waals surface area contributed by atoms with Gasteiger partial charge in [-0.2, -0.15) is 0 Å². The molecule has 3 heterocycles. The van der Waals surface area contributed by atoms with Crippen molar-refractivity contribution in [3.63, 3.8) is 0 Å². The van der Waals surface area contributed by atoms with Crippen LogP contribution in [0.15, 0.2) is 18.2 Å². The Morgan fingerprint density at radius 1 is 1.00 bits per heavy atom. The lowest BCUT2D eigenvalue weighted by molar-refractivity contribution is 0.0683. The van der Waals surface area contributed by atoms with Gasteiger partial charge >= 0.3 is 0 Å². The number of nitrogens with zero attached hydrogens (tertiary/aromatic N) is 2. The predicted octanol–water partition coefficient (Wildman–Crippen LogP) is 3.08. The monoisotopic (exact) mass is 414 g/mol. The van der Waals surface area contributed by atoms with Gasteiger partial charge in [0.25, 0.3) is 5.91 Å². The Morgan fingerprint density at radius 3 is 2.40 bits per heavy atom. The van der Waals surface area contributed by atoms with Crippen LogP contribution in [0.1, 0.15) is 55.3 Å². The van der Waals surface area contributed by atoms with E-state index in [4.69, 9.17) is 4.74 Å². The molecule has 6 nitrogen and oxygen atoms in total. The zero-order valence-corrected chi connectivity index (χ0v) is 18.5. The van der Waals surface area contributed by atoms with Gasteiger partial charge in [-0.25, -0.2) is 0 Å². The largest absolute Gasteiger partial charge is 0.495 e. The number of methoxy groups -OCH3 is 1. The number of carbonyl (C=O) groups excluding carboxylic acids is 1. The zero-order valence-electron chi connectivity index (χ0n) is 18.5. The molecule has 1 aromatic carbocycles. The number of piperidine rings is 2. The Labute approximate surface area is 181 Å². The summed E-state index contributed by atoms with van der Waals surface area (Å²) in [7, 11) is 1.70. The van der Waals surface area contributed by atoms with Gasteiger partial charge in [-0.3, -0.25) is 10.1 Å². The summed E-state index contributed by atoms with van der Waals surface area (Å²) in [4.78, 5) is 17.5. The van der Waals surface area contributed by atoms with Gasteiger partial charge in [0.2, 0.25) is 0 Å². The molecule has 30 heavy (non-hydrogen) atoms. The van der Waals surface area contributed by atoms with Crippen LogP contribution in [0, 0.1) is 11.8 Å². The molecule has 1 amide bonds. The van der Waals surface area contributed by atoms with Crippen molar-refractivity contribution in [2.45, 2.75) is 44.9 Å². The Bertz CT molecular complexity index is 690. The molecule has 0 aromatic heterocycles. The maximum Gasteiger partial charge on any atom is 0.253 e. The van der Waals surface area contributed by atoms with Crippen LogP contribution >= 0.6 is 0 Å². The molecule has 1 aromatic rings. The smallest absolute Gasteiger partial charge is 0.253 e. The normalized spacial score (nSPS) is 21.6. The summed E-state index contributed by atoms with van der Waals surface area (Å²) in [5, 5.41) is 6.87. The second kappa shape index (κ2) is 10.5. The van der Waals surface area contributed by atoms with Crippen molar-refractivity contribution in [2.24, 2.45) is 11.8 Å². The summed E-state index contributed by atoms with van der Waals surface area (Å²) in [5.41, 5.74) is 1.80. The summed E-state index contributed by atoms with van der Waals surface area (Å²) in [6, 6.07) is 5.89. The first kappa shape index (κ1) is 21.4. The third-order valence-electron chi connectivity index (χ3n) is 7.19. The maximum atomic E-state index is 13.2. The molecule has 0 radical (unpaired) electrons. The molecule has 0 unspecified atom stereocenters. The average molecular weight is 415 g/mol. The highest BCUT2D eigenvalue weighted by atomic mass is 16.5. The summed E-state index contributed by atoms with van der Waals surface area (Å²) in [5.74, 6) is 2.70. The standard InChI is InChI=1S/C24H38N4O2/c1-30-23-6-5-21(17-22(23)28-14-2-11-26-18-28)24(29)27-15-9-20(10-16-27)4-3-19-7-12-25-13-8-19/h5-6,17,19-20,25-26H,2-4,7-16,18H2,1H3. The Kier molecular flexibility index (Phi) is 7.50. The average Bonchev–Trinajstić information content (AvgIpc) is 2.83. The minimum atomic E-state index is 0.167. The first-order chi connectivity index (χ1) is 14.7. The van der Waals surface area contributed by atoms with Gasteiger partial charge in [0.15, 0.2) is 0 Å². The summed E-state index contributed by atoms with van der Waals surface area (Å²) < 4.78 is 5.57. The first-order valence-corrected chi connectivity index (χ1v) is 11.9. The molecule has 3 aliphatic heterocycles. The van der Waals surface area contributed by atoms with E-state index < -0.39 is 0 Å². The summed E-state index contributed by atoms with van der Waals surface area (Å²) in [6.07, 6.45) is 8.78. The van der Waals surface area contributed by atoms with Crippen molar-refractivity contribution in [3.05, 3.63) is 23.8 Å². The van der Waals surface area contributed by atoms with E-state index >= 15 is 0 Å². The van der Waals surface area contributed by atoms with Gasteiger partial charge in [-0.05, 0) is 81.8 Å². The third-order valence-corrected chi connectivity index (χ3v) is 7.19. The molecule has 0 spiro atoms. The zero-order chi connectivity index (χ0) is 20.8. The highest BCUT2D eigenvalue weighted by Gasteiger charge is 2.26. The van der Waals surface area contributed by atoms with Gasteiger partial charge in [0.05, 0.1) is 19.5 Å². The molecule has 0 bridgehead atoms. The fourth-order valence-corrected chi connectivity index (χ4v) is 5.21. The van der Waals surface area contributed by atoms with Crippen LogP contribution in [0.2, 0.25) is 0 Å². The molecule has 6 heteroatoms. The Morgan fingerprint density at radius 2 is 1.73 bits per heavy atom. The summed E-state index contributed by atoms with van der Waals surface area (Å²) in [6.45, 7) is 7.00. The van der Waals surface area contributed by atoms with Gasteiger partial charge in [-0.1, -0.05) is 12.8 Å². The third kappa shape index (κ3) is 5.27. The van der Waals surface area contributed by atoms with Crippen molar-refractivity contribution in [3.8, 4) is 5.75 Å². The minimum absolute atomic E-state index is 0.167. The van der Waals surface area contributed by atoms with Crippen LogP contribution in [0.5, 0.6) is 5.75 Å². The lowest BCUT2D eigenvalue weighted by atomic mass is 9.85. The SMILES string of the molecule is COc1ccc(C(=O)N2CCC(CCC3CCNCC3)CC2)cc1N1CCCNC1. The molecule has 2 N–H and O–H groups in total. The minimum Gasteiger partial charge on any atom is -0.495 e. The number of benzene rings is 1. The van der Waals surface area contributed by atoms with Crippen LogP contribution in [0.4, 0.5) is 5.69 Å². The van der Waals surface area contributed by atoms with Gasteiger partial charge in [0.1, 0.15) is 5.75 Å². The van der Waals surface area contributed by atoms with E-state index in [-0.39, 0.29) is 5.91 Å². The lowest BCUT2D eigenvalue weighted by Crippen LogP contribution is -2.42. The predicted molar refractivity (Wildman–Crippen MR) is 121 cm³/mol. The molecule has 3 fully saturated rings. The number of hydrogen-bond donors (Lipinski definition) is 2. The molecular weight excluding hydrogens is 376 g/mol. The van der Waals surface area contributed by atoms with Gasteiger partial charge in [-0.15, -0.1) is 0 Å². The molecule has 3 saturated heterocycles. The maximum absolute atomic E-state index is 13.2. The number of amides is 1. The number of hydrogen-bond acceptors (Lipinski definition) is 5. The highest BCUT2D eigenvalue weighted by molar-refractivity contribution is 5.95. The number of anilines is 1.